The van der Waals surface area contributed by atoms with Gasteiger partial charge in [-0.25, -0.2) is 0 Å². The summed E-state index contributed by atoms with van der Waals surface area (Å²) >= 11 is 6.15. The van der Waals surface area contributed by atoms with Gasteiger partial charge in [-0.1, -0.05) is 23.7 Å². The second-order valence-electron chi connectivity index (χ2n) is 4.27. The Bertz CT molecular complexity index is 601. The van der Waals surface area contributed by atoms with E-state index in [-0.39, 0.29) is 5.56 Å². The molecule has 0 bridgehead atoms. The fourth-order valence-corrected chi connectivity index (χ4v) is 2.00. The molecular formula is C14H14ClNO. The molecule has 2 nitrogen and oxygen atoms in total. The molecule has 88 valence electrons. The molecule has 3 heteroatoms. The average Bonchev–Trinajstić information content (AvgIpc) is 2.25. The maximum Gasteiger partial charge on any atom is 0.251 e. The van der Waals surface area contributed by atoms with Crippen LogP contribution in [0.4, 0.5) is 0 Å². The average molecular weight is 248 g/mol. The van der Waals surface area contributed by atoms with Gasteiger partial charge in [0.1, 0.15) is 0 Å². The lowest BCUT2D eigenvalue weighted by Gasteiger charge is -2.08. The molecule has 2 aromatic rings. The van der Waals surface area contributed by atoms with E-state index < -0.39 is 0 Å². The van der Waals surface area contributed by atoms with E-state index in [1.54, 1.807) is 16.8 Å². The van der Waals surface area contributed by atoms with E-state index in [0.717, 1.165) is 16.7 Å². The summed E-state index contributed by atoms with van der Waals surface area (Å²) in [6.45, 7) is 4.41. The van der Waals surface area contributed by atoms with Crippen molar-refractivity contribution in [2.75, 3.05) is 0 Å². The Hall–Kier alpha value is -1.54. The van der Waals surface area contributed by atoms with Crippen LogP contribution in [0.15, 0.2) is 41.3 Å². The molecular weight excluding hydrogens is 234 g/mol. The predicted molar refractivity (Wildman–Crippen MR) is 70.7 cm³/mol. The first-order chi connectivity index (χ1) is 8.06. The highest BCUT2D eigenvalue weighted by molar-refractivity contribution is 6.31. The molecule has 0 atom stereocenters. The minimum absolute atomic E-state index is 0.00152. The lowest BCUT2D eigenvalue weighted by atomic mass is 10.1. The number of nitrogens with zero attached hydrogens (tertiary/aromatic N) is 1. The number of pyridine rings is 1. The van der Waals surface area contributed by atoms with Crippen molar-refractivity contribution in [3.63, 3.8) is 0 Å². The molecule has 0 aliphatic heterocycles. The molecule has 0 aliphatic rings. The number of aromatic nitrogens is 1. The van der Waals surface area contributed by atoms with E-state index in [9.17, 15) is 4.79 Å². The second-order valence-corrected chi connectivity index (χ2v) is 4.67. The Morgan fingerprint density at radius 2 is 1.82 bits per heavy atom. The maximum atomic E-state index is 11.7. The van der Waals surface area contributed by atoms with E-state index in [0.29, 0.717) is 11.6 Å². The maximum absolute atomic E-state index is 11.7. The van der Waals surface area contributed by atoms with Gasteiger partial charge in [0.2, 0.25) is 0 Å². The molecule has 0 aliphatic carbocycles. The third-order valence-corrected chi connectivity index (χ3v) is 3.05. The highest BCUT2D eigenvalue weighted by Gasteiger charge is 2.03. The van der Waals surface area contributed by atoms with E-state index in [1.807, 2.05) is 38.1 Å². The zero-order valence-electron chi connectivity index (χ0n) is 9.90. The van der Waals surface area contributed by atoms with Crippen LogP contribution in [0.25, 0.3) is 0 Å². The standard InChI is InChI=1S/C14H14ClNO/c1-10-3-4-12(13(15)7-10)9-16-6-5-11(2)8-14(16)17/h3-8H,9H2,1-2H3. The van der Waals surface area contributed by atoms with Gasteiger partial charge < -0.3 is 4.57 Å². The third kappa shape index (κ3) is 2.77. The van der Waals surface area contributed by atoms with Crippen LogP contribution < -0.4 is 5.56 Å². The molecule has 1 aromatic heterocycles. The Kier molecular flexibility index (Phi) is 3.34. The second kappa shape index (κ2) is 4.76. The van der Waals surface area contributed by atoms with Gasteiger partial charge in [0.25, 0.3) is 5.56 Å². The monoisotopic (exact) mass is 247 g/mol. The van der Waals surface area contributed by atoms with Crippen molar-refractivity contribution in [3.8, 4) is 0 Å². The Morgan fingerprint density at radius 3 is 2.47 bits per heavy atom. The van der Waals surface area contributed by atoms with Crippen LogP contribution in [-0.2, 0) is 6.54 Å². The normalized spacial score (nSPS) is 10.5. The highest BCUT2D eigenvalue weighted by Crippen LogP contribution is 2.18. The van der Waals surface area contributed by atoms with Crippen LogP contribution in [-0.4, -0.2) is 4.57 Å². The number of aryl methyl sites for hydroxylation is 2. The van der Waals surface area contributed by atoms with Gasteiger partial charge in [-0.2, -0.15) is 0 Å². The van der Waals surface area contributed by atoms with Crippen LogP contribution in [0.3, 0.4) is 0 Å². The van der Waals surface area contributed by atoms with Crippen molar-refractivity contribution in [1.82, 2.24) is 4.57 Å². The molecule has 0 amide bonds. The van der Waals surface area contributed by atoms with Crippen LogP contribution in [0.5, 0.6) is 0 Å². The first kappa shape index (κ1) is 11.9. The van der Waals surface area contributed by atoms with Crippen molar-refractivity contribution in [3.05, 3.63) is 68.6 Å². The summed E-state index contributed by atoms with van der Waals surface area (Å²) in [6.07, 6.45) is 1.80. The van der Waals surface area contributed by atoms with Crippen LogP contribution >= 0.6 is 11.6 Å². The van der Waals surface area contributed by atoms with Gasteiger partial charge >= 0.3 is 0 Å². The lowest BCUT2D eigenvalue weighted by Crippen LogP contribution is -2.19. The van der Waals surface area contributed by atoms with E-state index in [2.05, 4.69) is 0 Å². The van der Waals surface area contributed by atoms with Gasteiger partial charge in [0, 0.05) is 17.3 Å². The zero-order chi connectivity index (χ0) is 12.4. The van der Waals surface area contributed by atoms with Crippen molar-refractivity contribution >= 4 is 11.6 Å². The molecule has 0 radical (unpaired) electrons. The van der Waals surface area contributed by atoms with Crippen LogP contribution in [0.2, 0.25) is 5.02 Å². The van der Waals surface area contributed by atoms with Gasteiger partial charge in [-0.05, 0) is 42.7 Å². The van der Waals surface area contributed by atoms with E-state index in [4.69, 9.17) is 11.6 Å². The zero-order valence-corrected chi connectivity index (χ0v) is 10.7. The summed E-state index contributed by atoms with van der Waals surface area (Å²) in [4.78, 5) is 11.7. The largest absolute Gasteiger partial charge is 0.311 e. The highest BCUT2D eigenvalue weighted by atomic mass is 35.5. The third-order valence-electron chi connectivity index (χ3n) is 2.70. The van der Waals surface area contributed by atoms with Gasteiger partial charge in [-0.15, -0.1) is 0 Å². The van der Waals surface area contributed by atoms with Crippen LogP contribution in [0.1, 0.15) is 16.7 Å². The predicted octanol–water partition coefficient (Wildman–Crippen LogP) is 3.17. The topological polar surface area (TPSA) is 22.0 Å². The van der Waals surface area contributed by atoms with Gasteiger partial charge in [0.05, 0.1) is 6.54 Å². The van der Waals surface area contributed by atoms with Crippen molar-refractivity contribution in [2.24, 2.45) is 0 Å². The van der Waals surface area contributed by atoms with Crippen molar-refractivity contribution in [1.29, 1.82) is 0 Å². The fraction of sp³-hybridized carbons (Fsp3) is 0.214. The summed E-state index contributed by atoms with van der Waals surface area (Å²) in [5.41, 5.74) is 3.06. The minimum atomic E-state index is 0.00152. The van der Waals surface area contributed by atoms with Gasteiger partial charge in [-0.3, -0.25) is 4.79 Å². The van der Waals surface area contributed by atoms with Gasteiger partial charge in [0.15, 0.2) is 0 Å². The molecule has 0 saturated carbocycles. The molecule has 0 N–H and O–H groups in total. The Balaban J connectivity index is 2.35. The molecule has 1 heterocycles. The molecule has 0 fully saturated rings. The van der Waals surface area contributed by atoms with Crippen molar-refractivity contribution < 1.29 is 0 Å². The molecule has 1 aromatic carbocycles. The Morgan fingerprint density at radius 1 is 1.12 bits per heavy atom. The molecule has 0 spiro atoms. The smallest absolute Gasteiger partial charge is 0.251 e. The summed E-state index contributed by atoms with van der Waals surface area (Å²) < 4.78 is 1.66. The first-order valence-electron chi connectivity index (χ1n) is 5.48. The Labute approximate surface area is 105 Å². The lowest BCUT2D eigenvalue weighted by molar-refractivity contribution is 0.757. The number of benzene rings is 1. The number of rotatable bonds is 2. The van der Waals surface area contributed by atoms with E-state index in [1.165, 1.54) is 0 Å². The van der Waals surface area contributed by atoms with Crippen LogP contribution in [0, 0.1) is 13.8 Å². The summed E-state index contributed by atoms with van der Waals surface area (Å²) in [5.74, 6) is 0. The molecule has 0 saturated heterocycles. The quantitative estimate of drug-likeness (QED) is 0.799. The van der Waals surface area contributed by atoms with Crippen molar-refractivity contribution in [2.45, 2.75) is 20.4 Å². The molecule has 0 unspecified atom stereocenters. The fourth-order valence-electron chi connectivity index (χ4n) is 1.70. The number of halogens is 1. The first-order valence-corrected chi connectivity index (χ1v) is 5.86. The minimum Gasteiger partial charge on any atom is -0.311 e. The SMILES string of the molecule is Cc1ccc(Cn2ccc(C)cc2=O)c(Cl)c1. The summed E-state index contributed by atoms with van der Waals surface area (Å²) in [6, 6.07) is 9.42. The summed E-state index contributed by atoms with van der Waals surface area (Å²) in [7, 11) is 0. The number of hydrogen-bond donors (Lipinski definition) is 0. The molecule has 2 rings (SSSR count). The summed E-state index contributed by atoms with van der Waals surface area (Å²) in [5, 5.41) is 0.706. The number of hydrogen-bond acceptors (Lipinski definition) is 1. The van der Waals surface area contributed by atoms with E-state index >= 15 is 0 Å². The molecule has 17 heavy (non-hydrogen) atoms.